The van der Waals surface area contributed by atoms with Gasteiger partial charge in [-0.05, 0) is 30.3 Å². The number of methoxy groups -OCH3 is 2. The van der Waals surface area contributed by atoms with Gasteiger partial charge in [-0.1, -0.05) is 0 Å². The minimum Gasteiger partial charge on any atom is -0.480 e. The monoisotopic (exact) mass is 542 g/mol. The number of anilines is 1. The minimum absolute atomic E-state index is 0.0423. The Kier molecular flexibility index (Phi) is 6.73. The third-order valence-electron chi connectivity index (χ3n) is 5.52. The number of benzene rings is 1. The average molecular weight is 543 g/mol. The van der Waals surface area contributed by atoms with Gasteiger partial charge in [0.15, 0.2) is 0 Å². The summed E-state index contributed by atoms with van der Waals surface area (Å²) in [6.45, 7) is 0.434. The van der Waals surface area contributed by atoms with Crippen molar-refractivity contribution in [1.29, 1.82) is 0 Å². The Morgan fingerprint density at radius 3 is 2.63 bits per heavy atom. The first-order valence-electron chi connectivity index (χ1n) is 11.1. The van der Waals surface area contributed by atoms with Gasteiger partial charge < -0.3 is 13.9 Å². The van der Waals surface area contributed by atoms with E-state index in [1.165, 1.54) is 19.4 Å². The van der Waals surface area contributed by atoms with E-state index >= 15 is 0 Å². The Labute approximate surface area is 215 Å². The van der Waals surface area contributed by atoms with Crippen molar-refractivity contribution < 1.29 is 31.1 Å². The number of rotatable bonds is 9. The number of aromatic nitrogens is 5. The molecule has 0 aliphatic carbocycles. The van der Waals surface area contributed by atoms with Gasteiger partial charge in [-0.3, -0.25) is 9.12 Å². The van der Waals surface area contributed by atoms with Gasteiger partial charge in [0.05, 0.1) is 19.9 Å². The molecule has 0 aliphatic rings. The molecular formula is C24H20F2N6O5S. The molecule has 0 fully saturated rings. The van der Waals surface area contributed by atoms with Gasteiger partial charge in [0.1, 0.15) is 33.6 Å². The Bertz CT molecular complexity index is 1740. The maximum absolute atomic E-state index is 14.2. The highest BCUT2D eigenvalue weighted by Gasteiger charge is 2.22. The van der Waals surface area contributed by atoms with E-state index in [0.29, 0.717) is 47.5 Å². The number of sulfonamides is 1. The minimum atomic E-state index is -4.43. The number of pyridine rings is 2. The molecule has 4 heterocycles. The molecule has 196 valence electrons. The van der Waals surface area contributed by atoms with E-state index in [9.17, 15) is 17.2 Å². The zero-order valence-electron chi connectivity index (χ0n) is 20.1. The van der Waals surface area contributed by atoms with Crippen LogP contribution in [0.3, 0.4) is 0 Å². The average Bonchev–Trinajstić information content (AvgIpc) is 3.53. The van der Waals surface area contributed by atoms with Gasteiger partial charge in [0.25, 0.3) is 15.9 Å². The van der Waals surface area contributed by atoms with Gasteiger partial charge >= 0.3 is 0 Å². The molecule has 0 unspecified atom stereocenters. The van der Waals surface area contributed by atoms with Crippen LogP contribution in [0.5, 0.6) is 5.88 Å². The Balaban J connectivity index is 1.51. The predicted molar refractivity (Wildman–Crippen MR) is 131 cm³/mol. The number of nitrogens with zero attached hydrogens (tertiary/aromatic N) is 5. The third-order valence-corrected chi connectivity index (χ3v) is 6.92. The molecule has 0 aliphatic heterocycles. The van der Waals surface area contributed by atoms with Crippen LogP contribution in [0, 0.1) is 11.6 Å². The SMILES string of the molecule is COCCc1nnc(-c2cnc3ccc(-c4cnc(OC)c(NS(=O)(=O)c5ccc(F)cc5F)c4)cn23)o1. The van der Waals surface area contributed by atoms with E-state index < -0.39 is 26.6 Å². The molecule has 5 aromatic rings. The molecule has 14 heteroatoms. The quantitative estimate of drug-likeness (QED) is 0.296. The number of ether oxygens (including phenoxy) is 2. The highest BCUT2D eigenvalue weighted by molar-refractivity contribution is 7.92. The first-order valence-corrected chi connectivity index (χ1v) is 12.6. The van der Waals surface area contributed by atoms with Crippen LogP contribution < -0.4 is 9.46 Å². The van der Waals surface area contributed by atoms with Gasteiger partial charge in [0, 0.05) is 43.1 Å². The summed E-state index contributed by atoms with van der Waals surface area (Å²) in [7, 11) is -1.54. The lowest BCUT2D eigenvalue weighted by Crippen LogP contribution is -2.15. The van der Waals surface area contributed by atoms with Crippen LogP contribution in [-0.4, -0.2) is 53.8 Å². The van der Waals surface area contributed by atoms with Gasteiger partial charge in [0.2, 0.25) is 11.8 Å². The summed E-state index contributed by atoms with van der Waals surface area (Å²) in [6, 6.07) is 7.18. The van der Waals surface area contributed by atoms with Crippen molar-refractivity contribution in [2.45, 2.75) is 11.3 Å². The second-order valence-corrected chi connectivity index (χ2v) is 9.65. The van der Waals surface area contributed by atoms with Crippen LogP contribution in [0.2, 0.25) is 0 Å². The summed E-state index contributed by atoms with van der Waals surface area (Å²) in [5.74, 6) is -1.49. The van der Waals surface area contributed by atoms with E-state index in [-0.39, 0.29) is 17.5 Å². The Morgan fingerprint density at radius 2 is 1.87 bits per heavy atom. The molecule has 38 heavy (non-hydrogen) atoms. The van der Waals surface area contributed by atoms with Crippen molar-refractivity contribution >= 4 is 21.4 Å². The molecule has 0 amide bonds. The fourth-order valence-electron chi connectivity index (χ4n) is 3.70. The summed E-state index contributed by atoms with van der Waals surface area (Å²) in [6.07, 6.45) is 5.29. The predicted octanol–water partition coefficient (Wildman–Crippen LogP) is 3.72. The molecule has 1 N–H and O–H groups in total. The number of hydrogen-bond acceptors (Lipinski definition) is 9. The molecular weight excluding hydrogens is 522 g/mol. The smallest absolute Gasteiger partial charge is 0.266 e. The molecule has 4 aromatic heterocycles. The first kappa shape index (κ1) is 25.2. The lowest BCUT2D eigenvalue weighted by molar-refractivity contribution is 0.195. The summed E-state index contributed by atoms with van der Waals surface area (Å²) >= 11 is 0. The van der Waals surface area contributed by atoms with Crippen LogP contribution in [0.25, 0.3) is 28.4 Å². The van der Waals surface area contributed by atoms with Crippen molar-refractivity contribution in [3.8, 4) is 28.6 Å². The zero-order chi connectivity index (χ0) is 26.9. The molecule has 0 spiro atoms. The van der Waals surface area contributed by atoms with Crippen LogP contribution in [0.1, 0.15) is 5.89 Å². The highest BCUT2D eigenvalue weighted by atomic mass is 32.2. The zero-order valence-corrected chi connectivity index (χ0v) is 20.9. The summed E-state index contributed by atoms with van der Waals surface area (Å²) < 4.78 is 73.2. The number of halogens is 2. The molecule has 5 rings (SSSR count). The van der Waals surface area contributed by atoms with Crippen molar-refractivity contribution in [3.63, 3.8) is 0 Å². The van der Waals surface area contributed by atoms with Crippen LogP contribution in [-0.2, 0) is 21.2 Å². The number of hydrogen-bond donors (Lipinski definition) is 1. The standard InChI is InChI=1S/C24H20F2N6O5S/c1-35-8-7-22-29-30-24(37-22)19-12-27-21-6-3-14(13-32(19)21)15-9-18(23(36-2)28-11-15)31-38(33,34)20-5-4-16(25)10-17(20)26/h3-6,9-13,31H,7-8H2,1-2H3. The van der Waals surface area contributed by atoms with E-state index in [1.807, 2.05) is 0 Å². The van der Waals surface area contributed by atoms with Crippen LogP contribution in [0.15, 0.2) is 64.3 Å². The molecule has 0 bridgehead atoms. The summed E-state index contributed by atoms with van der Waals surface area (Å²) in [4.78, 5) is 7.83. The van der Waals surface area contributed by atoms with E-state index in [0.717, 1.165) is 12.1 Å². The van der Waals surface area contributed by atoms with Crippen molar-refractivity contribution in [2.24, 2.45) is 0 Å². The second kappa shape index (κ2) is 10.1. The number of nitrogens with one attached hydrogen (secondary N) is 1. The second-order valence-electron chi connectivity index (χ2n) is 7.99. The van der Waals surface area contributed by atoms with Gasteiger partial charge in [-0.25, -0.2) is 27.2 Å². The normalized spacial score (nSPS) is 11.7. The highest BCUT2D eigenvalue weighted by Crippen LogP contribution is 2.31. The summed E-state index contributed by atoms with van der Waals surface area (Å²) in [5, 5.41) is 8.11. The van der Waals surface area contributed by atoms with Crippen molar-refractivity contribution in [3.05, 3.63) is 72.5 Å². The third kappa shape index (κ3) is 4.90. The molecule has 0 atom stereocenters. The Morgan fingerprint density at radius 1 is 1.03 bits per heavy atom. The fourth-order valence-corrected chi connectivity index (χ4v) is 4.80. The first-order chi connectivity index (χ1) is 18.3. The van der Waals surface area contributed by atoms with Crippen LogP contribution in [0.4, 0.5) is 14.5 Å². The van der Waals surface area contributed by atoms with Gasteiger partial charge in [-0.15, -0.1) is 10.2 Å². The molecule has 11 nitrogen and oxygen atoms in total. The largest absolute Gasteiger partial charge is 0.480 e. The lowest BCUT2D eigenvalue weighted by Gasteiger charge is -2.13. The fraction of sp³-hybridized carbons (Fsp3) is 0.167. The van der Waals surface area contributed by atoms with E-state index in [2.05, 4.69) is 24.9 Å². The van der Waals surface area contributed by atoms with Crippen molar-refractivity contribution in [1.82, 2.24) is 24.6 Å². The number of fused-ring (bicyclic) bond motifs is 1. The summed E-state index contributed by atoms with van der Waals surface area (Å²) in [5.41, 5.74) is 2.26. The molecule has 1 aromatic carbocycles. The maximum atomic E-state index is 14.2. The number of imidazole rings is 1. The lowest BCUT2D eigenvalue weighted by atomic mass is 10.1. The maximum Gasteiger partial charge on any atom is 0.266 e. The van der Waals surface area contributed by atoms with E-state index in [1.54, 1.807) is 36.0 Å². The molecule has 0 saturated heterocycles. The molecule has 0 radical (unpaired) electrons. The van der Waals surface area contributed by atoms with Gasteiger partial charge in [-0.2, -0.15) is 0 Å². The topological polar surface area (TPSA) is 134 Å². The molecule has 0 saturated carbocycles. The van der Waals surface area contributed by atoms with E-state index in [4.69, 9.17) is 13.9 Å². The Hall–Kier alpha value is -4.43. The van der Waals surface area contributed by atoms with Crippen LogP contribution >= 0.6 is 0 Å². The van der Waals surface area contributed by atoms with Crippen molar-refractivity contribution in [2.75, 3.05) is 25.5 Å².